The minimum absolute atomic E-state index is 0.00485. The van der Waals surface area contributed by atoms with E-state index in [-0.39, 0.29) is 20.0 Å². The van der Waals surface area contributed by atoms with E-state index in [9.17, 15) is 8.42 Å². The molecule has 0 fully saturated rings. The third-order valence-electron chi connectivity index (χ3n) is 3.34. The zero-order chi connectivity index (χ0) is 17.5. The maximum atomic E-state index is 13.1. The second kappa shape index (κ2) is 6.41. The van der Waals surface area contributed by atoms with Crippen molar-refractivity contribution in [1.82, 2.24) is 8.96 Å². The molecule has 0 saturated heterocycles. The molecule has 1 aromatic heterocycles. The Morgan fingerprint density at radius 1 is 0.958 bits per heavy atom. The van der Waals surface area contributed by atoms with Crippen LogP contribution < -0.4 is 0 Å². The van der Waals surface area contributed by atoms with Gasteiger partial charge in [-0.1, -0.05) is 65.1 Å². The molecule has 0 atom stereocenters. The van der Waals surface area contributed by atoms with Gasteiger partial charge < -0.3 is 0 Å². The molecule has 0 saturated carbocycles. The molecule has 0 N–H and O–H groups in total. The molecule has 0 unspecified atom stereocenters. The molecular formula is C16H11Cl3N2O2S. The third-order valence-corrected chi connectivity index (χ3v) is 6.18. The van der Waals surface area contributed by atoms with Crippen LogP contribution in [0.1, 0.15) is 5.69 Å². The lowest BCUT2D eigenvalue weighted by molar-refractivity contribution is 0.588. The molecule has 124 valence electrons. The van der Waals surface area contributed by atoms with Gasteiger partial charge in [0.25, 0.3) is 10.0 Å². The van der Waals surface area contributed by atoms with Crippen molar-refractivity contribution in [1.29, 1.82) is 0 Å². The number of hydrogen-bond donors (Lipinski definition) is 0. The molecule has 0 spiro atoms. The molecule has 24 heavy (non-hydrogen) atoms. The van der Waals surface area contributed by atoms with Gasteiger partial charge in [0.2, 0.25) is 0 Å². The Morgan fingerprint density at radius 2 is 1.58 bits per heavy atom. The summed E-state index contributed by atoms with van der Waals surface area (Å²) in [5.74, 6) is 0.301. The lowest BCUT2D eigenvalue weighted by atomic mass is 10.2. The largest absolute Gasteiger partial charge is 0.270 e. The van der Waals surface area contributed by atoms with Crippen molar-refractivity contribution in [3.05, 3.63) is 69.4 Å². The molecule has 1 heterocycles. The Labute approximate surface area is 154 Å². The topological polar surface area (TPSA) is 52.0 Å². The van der Waals surface area contributed by atoms with Gasteiger partial charge in [-0.15, -0.1) is 0 Å². The molecule has 8 heteroatoms. The molecule has 0 aliphatic rings. The number of imidazole rings is 1. The summed E-state index contributed by atoms with van der Waals surface area (Å²) in [6, 6.07) is 11.6. The second-order valence-electron chi connectivity index (χ2n) is 5.07. The Morgan fingerprint density at radius 3 is 2.25 bits per heavy atom. The molecular weight excluding hydrogens is 391 g/mol. The van der Waals surface area contributed by atoms with Gasteiger partial charge in [0.05, 0.1) is 20.8 Å². The normalized spacial score (nSPS) is 11.7. The molecule has 0 aliphatic heterocycles. The van der Waals surface area contributed by atoms with Crippen LogP contribution in [-0.4, -0.2) is 17.4 Å². The number of aryl methyl sites for hydroxylation is 1. The van der Waals surface area contributed by atoms with Crippen molar-refractivity contribution < 1.29 is 8.42 Å². The van der Waals surface area contributed by atoms with Gasteiger partial charge >= 0.3 is 0 Å². The van der Waals surface area contributed by atoms with Crippen molar-refractivity contribution >= 4 is 44.8 Å². The summed E-state index contributed by atoms with van der Waals surface area (Å²) in [5, 5.41) is 0.290. The summed E-state index contributed by atoms with van der Waals surface area (Å²) in [6.45, 7) is 1.72. The fourth-order valence-electron chi connectivity index (χ4n) is 2.25. The van der Waals surface area contributed by atoms with Crippen LogP contribution in [0.25, 0.3) is 11.4 Å². The summed E-state index contributed by atoms with van der Waals surface area (Å²) in [5.41, 5.74) is 1.24. The number of benzene rings is 2. The number of rotatable bonds is 3. The maximum absolute atomic E-state index is 13.1. The number of aromatic nitrogens is 2. The lowest BCUT2D eigenvalue weighted by Crippen LogP contribution is -2.14. The van der Waals surface area contributed by atoms with E-state index in [4.69, 9.17) is 34.8 Å². The summed E-state index contributed by atoms with van der Waals surface area (Å²) in [6.07, 6.45) is 1.44. The number of hydrogen-bond acceptors (Lipinski definition) is 3. The van der Waals surface area contributed by atoms with Gasteiger partial charge in [-0.3, -0.25) is 0 Å². The monoisotopic (exact) mass is 400 g/mol. The fraction of sp³-hybridized carbons (Fsp3) is 0.0625. The first-order chi connectivity index (χ1) is 11.3. The fourth-order valence-corrected chi connectivity index (χ4v) is 4.60. The van der Waals surface area contributed by atoms with Crippen LogP contribution in [0.4, 0.5) is 0 Å². The molecule has 3 aromatic rings. The Balaban J connectivity index is 2.25. The van der Waals surface area contributed by atoms with E-state index in [1.807, 2.05) is 18.2 Å². The summed E-state index contributed by atoms with van der Waals surface area (Å²) < 4.78 is 27.2. The summed E-state index contributed by atoms with van der Waals surface area (Å²) in [4.78, 5) is 4.19. The van der Waals surface area contributed by atoms with E-state index in [0.717, 1.165) is 3.97 Å². The standard InChI is InChI=1S/C16H11Cl3N2O2S/c1-10-9-21(16(20-10)11-5-3-2-4-6-11)24(22,23)15-8-13(18)12(17)7-14(15)19/h2-9H,1H3. The molecule has 0 amide bonds. The van der Waals surface area contributed by atoms with Gasteiger partial charge in [-0.2, -0.15) is 0 Å². The summed E-state index contributed by atoms with van der Waals surface area (Å²) >= 11 is 17.9. The third kappa shape index (κ3) is 3.05. The first kappa shape index (κ1) is 17.3. The Kier molecular flexibility index (Phi) is 4.62. The van der Waals surface area contributed by atoms with E-state index in [2.05, 4.69) is 4.98 Å². The maximum Gasteiger partial charge on any atom is 0.270 e. The highest BCUT2D eigenvalue weighted by molar-refractivity contribution is 7.90. The average Bonchev–Trinajstić information content (AvgIpc) is 2.94. The second-order valence-corrected chi connectivity index (χ2v) is 8.07. The number of halogens is 3. The van der Waals surface area contributed by atoms with Crippen molar-refractivity contribution in [2.45, 2.75) is 11.8 Å². The van der Waals surface area contributed by atoms with Crippen LogP contribution in [0, 0.1) is 6.92 Å². The van der Waals surface area contributed by atoms with E-state index in [1.165, 1.54) is 18.3 Å². The van der Waals surface area contributed by atoms with E-state index in [0.29, 0.717) is 17.1 Å². The van der Waals surface area contributed by atoms with Crippen molar-refractivity contribution in [3.63, 3.8) is 0 Å². The highest BCUT2D eigenvalue weighted by atomic mass is 35.5. The van der Waals surface area contributed by atoms with Gasteiger partial charge in [-0.05, 0) is 19.1 Å². The van der Waals surface area contributed by atoms with Gasteiger partial charge in [0.1, 0.15) is 4.90 Å². The zero-order valence-electron chi connectivity index (χ0n) is 12.4. The van der Waals surface area contributed by atoms with Crippen LogP contribution >= 0.6 is 34.8 Å². The van der Waals surface area contributed by atoms with Crippen molar-refractivity contribution in [3.8, 4) is 11.4 Å². The molecule has 0 aliphatic carbocycles. The zero-order valence-corrected chi connectivity index (χ0v) is 15.5. The van der Waals surface area contributed by atoms with Crippen LogP contribution in [0.15, 0.2) is 53.6 Å². The Hall–Kier alpha value is -1.53. The van der Waals surface area contributed by atoms with Crippen LogP contribution in [0.5, 0.6) is 0 Å². The molecule has 4 nitrogen and oxygen atoms in total. The highest BCUT2D eigenvalue weighted by Crippen LogP contribution is 2.34. The van der Waals surface area contributed by atoms with E-state index in [1.54, 1.807) is 19.1 Å². The SMILES string of the molecule is Cc1cn(S(=O)(=O)c2cc(Cl)c(Cl)cc2Cl)c(-c2ccccc2)n1. The molecule has 0 radical (unpaired) electrons. The smallest absolute Gasteiger partial charge is 0.233 e. The van der Waals surface area contributed by atoms with E-state index >= 15 is 0 Å². The van der Waals surface area contributed by atoms with E-state index < -0.39 is 10.0 Å². The van der Waals surface area contributed by atoms with Crippen LogP contribution in [-0.2, 0) is 10.0 Å². The minimum atomic E-state index is -3.99. The molecule has 3 rings (SSSR count). The first-order valence-electron chi connectivity index (χ1n) is 6.82. The average molecular weight is 402 g/mol. The van der Waals surface area contributed by atoms with Crippen LogP contribution in [0.2, 0.25) is 15.1 Å². The number of nitrogens with zero attached hydrogens (tertiary/aromatic N) is 2. The van der Waals surface area contributed by atoms with Gasteiger partial charge in [0.15, 0.2) is 5.82 Å². The summed E-state index contributed by atoms with van der Waals surface area (Å²) in [7, 11) is -3.99. The molecule has 0 bridgehead atoms. The predicted molar refractivity (Wildman–Crippen MR) is 96.5 cm³/mol. The first-order valence-corrected chi connectivity index (χ1v) is 9.39. The predicted octanol–water partition coefficient (Wildman–Crippen LogP) is 5.06. The van der Waals surface area contributed by atoms with Crippen molar-refractivity contribution in [2.75, 3.05) is 0 Å². The van der Waals surface area contributed by atoms with Gasteiger partial charge in [0, 0.05) is 11.8 Å². The highest BCUT2D eigenvalue weighted by Gasteiger charge is 2.25. The van der Waals surface area contributed by atoms with Gasteiger partial charge in [-0.25, -0.2) is 17.4 Å². The molecule has 2 aromatic carbocycles. The van der Waals surface area contributed by atoms with Crippen molar-refractivity contribution in [2.24, 2.45) is 0 Å². The quantitative estimate of drug-likeness (QED) is 0.577. The lowest BCUT2D eigenvalue weighted by Gasteiger charge is -2.11. The van der Waals surface area contributed by atoms with Crippen LogP contribution in [0.3, 0.4) is 0 Å². The minimum Gasteiger partial charge on any atom is -0.233 e. The Bertz CT molecular complexity index is 1020.